The molecule has 58 heavy (non-hydrogen) atoms. The Morgan fingerprint density at radius 1 is 0.638 bits per heavy atom. The van der Waals surface area contributed by atoms with E-state index in [0.29, 0.717) is 28.3 Å². The van der Waals surface area contributed by atoms with Crippen LogP contribution in [0.5, 0.6) is 0 Å². The van der Waals surface area contributed by atoms with Crippen molar-refractivity contribution in [2.24, 2.45) is 5.73 Å². The molecule has 0 saturated carbocycles. The molecule has 2 aliphatic heterocycles. The van der Waals surface area contributed by atoms with Crippen molar-refractivity contribution in [1.29, 1.82) is 0 Å². The molecule has 0 atom stereocenters. The van der Waals surface area contributed by atoms with Gasteiger partial charge in [0.1, 0.15) is 19.7 Å². The van der Waals surface area contributed by atoms with Gasteiger partial charge in [0, 0.05) is 18.0 Å². The molecule has 2 saturated heterocycles. The van der Waals surface area contributed by atoms with Crippen LogP contribution in [0.4, 0.5) is 11.4 Å². The highest BCUT2D eigenvalue weighted by Gasteiger charge is 2.38. The lowest BCUT2D eigenvalue weighted by molar-refractivity contribution is 0.0600. The van der Waals surface area contributed by atoms with Gasteiger partial charge in [-0.1, -0.05) is 36.4 Å². The van der Waals surface area contributed by atoms with Gasteiger partial charge < -0.3 is 10.5 Å². The lowest BCUT2D eigenvalue weighted by atomic mass is 10.2. The average Bonchev–Trinajstić information content (AvgIpc) is 3.22. The van der Waals surface area contributed by atoms with Gasteiger partial charge in [-0.15, -0.1) is 0 Å². The van der Waals surface area contributed by atoms with Crippen LogP contribution in [0.15, 0.2) is 97.3 Å². The Bertz CT molecular complexity index is 2290. The molecule has 0 spiro atoms. The predicted molar refractivity (Wildman–Crippen MR) is 220 cm³/mol. The summed E-state index contributed by atoms with van der Waals surface area (Å²) in [5, 5.41) is -1.55. The van der Waals surface area contributed by atoms with Crippen molar-refractivity contribution in [3.63, 3.8) is 0 Å². The van der Waals surface area contributed by atoms with Crippen LogP contribution in [0.3, 0.4) is 0 Å². The van der Waals surface area contributed by atoms with Crippen molar-refractivity contribution < 1.29 is 48.0 Å². The molecular formula is C38H45N5O11S4. The quantitative estimate of drug-likeness (QED) is 0.150. The Morgan fingerprint density at radius 2 is 1.02 bits per heavy atom. The predicted octanol–water partition coefficient (Wildman–Crippen LogP) is 2.92. The van der Waals surface area contributed by atoms with Gasteiger partial charge >= 0.3 is 5.97 Å². The molecule has 20 heteroatoms. The zero-order valence-electron chi connectivity index (χ0n) is 31.7. The number of sulfonamides is 2. The van der Waals surface area contributed by atoms with Gasteiger partial charge in [-0.2, -0.15) is 0 Å². The third kappa shape index (κ3) is 11.2. The first-order valence-electron chi connectivity index (χ1n) is 18.2. The van der Waals surface area contributed by atoms with Gasteiger partial charge in [0.25, 0.3) is 0 Å². The van der Waals surface area contributed by atoms with Crippen LogP contribution in [-0.4, -0.2) is 103 Å². The standard InChI is InChI=1S/C19H23N3O5S2.C19H22N2O6S2/c20-12-19(23)15-6-7-16(21-13-15)14-22(17-4-2-1-3-5-17)29(26,27)18-8-10-28(24,25)11-9-18;1-27-19(22)15-7-8-16(20-13-15)14-21(17-5-3-2-4-6-17)29(25,26)18-9-11-28(23,24)12-10-18/h1-7,13,18H,8-12,14,20H2;2-8,13,18H,9-12,14H2,1H3. The van der Waals surface area contributed by atoms with E-state index in [1.807, 2.05) is 0 Å². The number of pyridine rings is 2. The summed E-state index contributed by atoms with van der Waals surface area (Å²) in [7, 11) is -12.7. The van der Waals surface area contributed by atoms with Crippen molar-refractivity contribution in [3.05, 3.63) is 120 Å². The number of Topliss-reactive ketones (excluding diaryl/α,β-unsaturated/α-hetero) is 1. The molecule has 0 aliphatic carbocycles. The highest BCUT2D eigenvalue weighted by Crippen LogP contribution is 2.30. The summed E-state index contributed by atoms with van der Waals surface area (Å²) in [6.07, 6.45) is 3.01. The minimum absolute atomic E-state index is 0.0211. The van der Waals surface area contributed by atoms with E-state index in [0.717, 1.165) is 0 Å². The van der Waals surface area contributed by atoms with E-state index < -0.39 is 56.2 Å². The van der Waals surface area contributed by atoms with Gasteiger partial charge in [0.15, 0.2) is 5.78 Å². The molecular weight excluding hydrogens is 831 g/mol. The van der Waals surface area contributed by atoms with Gasteiger partial charge in [-0.3, -0.25) is 23.4 Å². The molecule has 6 rings (SSSR count). The molecule has 16 nitrogen and oxygen atoms in total. The summed E-state index contributed by atoms with van der Waals surface area (Å²) in [4.78, 5) is 31.6. The third-order valence-electron chi connectivity index (χ3n) is 9.74. The van der Waals surface area contributed by atoms with E-state index in [1.165, 1.54) is 34.2 Å². The smallest absolute Gasteiger partial charge is 0.339 e. The van der Waals surface area contributed by atoms with Crippen LogP contribution in [0.1, 0.15) is 57.8 Å². The number of benzene rings is 2. The van der Waals surface area contributed by atoms with Crippen molar-refractivity contribution in [2.45, 2.75) is 49.3 Å². The van der Waals surface area contributed by atoms with Crippen LogP contribution in [0.25, 0.3) is 0 Å². The number of methoxy groups -OCH3 is 1. The summed E-state index contributed by atoms with van der Waals surface area (Å²) < 4.78 is 107. The number of ether oxygens (including phenoxy) is 1. The van der Waals surface area contributed by atoms with Gasteiger partial charge in [-0.05, 0) is 74.2 Å². The van der Waals surface area contributed by atoms with Crippen LogP contribution in [-0.2, 0) is 57.5 Å². The van der Waals surface area contributed by atoms with Crippen molar-refractivity contribution >= 4 is 62.8 Å². The molecule has 0 unspecified atom stereocenters. The zero-order valence-corrected chi connectivity index (χ0v) is 34.9. The number of carbonyl (C=O) groups is 2. The van der Waals surface area contributed by atoms with E-state index in [-0.39, 0.29) is 79.7 Å². The van der Waals surface area contributed by atoms with E-state index in [2.05, 4.69) is 14.7 Å². The second-order valence-corrected chi connectivity index (χ2v) is 22.6. The van der Waals surface area contributed by atoms with E-state index in [9.17, 15) is 43.3 Å². The zero-order chi connectivity index (χ0) is 42.1. The largest absolute Gasteiger partial charge is 0.465 e. The number of hydrogen-bond acceptors (Lipinski definition) is 14. The maximum Gasteiger partial charge on any atom is 0.339 e. The van der Waals surface area contributed by atoms with Crippen LogP contribution in [0, 0.1) is 0 Å². The number of hydrogen-bond donors (Lipinski definition) is 1. The van der Waals surface area contributed by atoms with Gasteiger partial charge in [0.05, 0.1) is 88.6 Å². The minimum Gasteiger partial charge on any atom is -0.465 e. The Balaban J connectivity index is 0.000000221. The maximum atomic E-state index is 13.4. The SMILES string of the molecule is COC(=O)c1ccc(CN(c2ccccc2)S(=O)(=O)C2CCS(=O)(=O)CC2)nc1.NCC(=O)c1ccc(CN(c2ccccc2)S(=O)(=O)C2CCS(=O)(=O)CC2)nc1. The summed E-state index contributed by atoms with van der Waals surface area (Å²) in [6.45, 7) is -0.181. The normalized spacial score (nSPS) is 16.9. The number of sulfone groups is 2. The summed E-state index contributed by atoms with van der Waals surface area (Å²) in [5.41, 5.74) is 7.85. The first kappa shape index (κ1) is 44.3. The molecule has 312 valence electrons. The number of rotatable bonds is 13. The Kier molecular flexibility index (Phi) is 14.4. The number of aromatic nitrogens is 2. The number of anilines is 2. The Morgan fingerprint density at radius 3 is 1.34 bits per heavy atom. The fraction of sp³-hybridized carbons (Fsp3) is 0.368. The molecule has 2 aromatic carbocycles. The number of ketones is 1. The second kappa shape index (κ2) is 18.9. The van der Waals surface area contributed by atoms with Crippen LogP contribution < -0.4 is 14.3 Å². The summed E-state index contributed by atoms with van der Waals surface area (Å²) >= 11 is 0. The van der Waals surface area contributed by atoms with Gasteiger partial charge in [-0.25, -0.2) is 38.5 Å². The number of nitrogens with two attached hydrogens (primary N) is 1. The van der Waals surface area contributed by atoms with Gasteiger partial charge in [0.2, 0.25) is 20.0 Å². The first-order valence-corrected chi connectivity index (χ1v) is 24.9. The highest BCUT2D eigenvalue weighted by molar-refractivity contribution is 7.94. The van der Waals surface area contributed by atoms with Crippen molar-refractivity contribution in [3.8, 4) is 0 Å². The molecule has 4 aromatic rings. The van der Waals surface area contributed by atoms with Crippen molar-refractivity contribution in [1.82, 2.24) is 9.97 Å². The first-order chi connectivity index (χ1) is 27.5. The monoisotopic (exact) mass is 875 g/mol. The van der Waals surface area contributed by atoms with Crippen LogP contribution in [0.2, 0.25) is 0 Å². The van der Waals surface area contributed by atoms with E-state index in [1.54, 1.807) is 78.9 Å². The number of para-hydroxylation sites is 2. The molecule has 0 bridgehead atoms. The molecule has 4 heterocycles. The molecule has 2 N–H and O–H groups in total. The summed E-state index contributed by atoms with van der Waals surface area (Å²) in [6, 6.07) is 23.5. The topological polar surface area (TPSA) is 238 Å². The number of esters is 1. The summed E-state index contributed by atoms with van der Waals surface area (Å²) in [5.74, 6) is -1.31. The molecule has 0 radical (unpaired) electrons. The van der Waals surface area contributed by atoms with E-state index >= 15 is 0 Å². The number of nitrogens with zero attached hydrogens (tertiary/aromatic N) is 4. The van der Waals surface area contributed by atoms with Crippen LogP contribution >= 0.6 is 0 Å². The second-order valence-electron chi connectivity index (χ2n) is 13.7. The molecule has 2 fully saturated rings. The van der Waals surface area contributed by atoms with Crippen molar-refractivity contribution in [2.75, 3.05) is 45.3 Å². The Hall–Kier alpha value is -4.76. The van der Waals surface area contributed by atoms with E-state index in [4.69, 9.17) is 5.73 Å². The fourth-order valence-corrected chi connectivity index (χ4v) is 13.8. The fourth-order valence-electron chi connectivity index (χ4n) is 6.39. The molecule has 0 amide bonds. The maximum absolute atomic E-state index is 13.4. The lowest BCUT2D eigenvalue weighted by Crippen LogP contribution is -2.42. The Labute approximate surface area is 339 Å². The highest BCUT2D eigenvalue weighted by atomic mass is 32.2. The average molecular weight is 876 g/mol. The minimum atomic E-state index is -3.82. The molecule has 2 aliphatic rings. The number of carbonyl (C=O) groups excluding carboxylic acids is 2. The molecule has 2 aromatic heterocycles. The lowest BCUT2D eigenvalue weighted by Gasteiger charge is -2.31. The third-order valence-corrected chi connectivity index (χ3v) is 17.7.